The third kappa shape index (κ3) is 2.42. The molecule has 0 unspecified atom stereocenters. The zero-order valence-corrected chi connectivity index (χ0v) is 10.4. The Morgan fingerprint density at radius 3 is 2.88 bits per heavy atom. The summed E-state index contributed by atoms with van der Waals surface area (Å²) in [5.41, 5.74) is 1.69. The Bertz CT molecular complexity index is 589. The predicted octanol–water partition coefficient (Wildman–Crippen LogP) is 1.06. The lowest BCUT2D eigenvalue weighted by Gasteiger charge is -2.06. The number of hydrogen-bond donors (Lipinski definition) is 2. The fourth-order valence-corrected chi connectivity index (χ4v) is 2.35. The molecular formula is C11H13N3O2S. The van der Waals surface area contributed by atoms with E-state index in [1.165, 1.54) is 16.3 Å². The number of benzene rings is 1. The molecule has 5 nitrogen and oxygen atoms in total. The van der Waals surface area contributed by atoms with Crippen LogP contribution in [0.2, 0.25) is 0 Å². The number of rotatable bonds is 3. The summed E-state index contributed by atoms with van der Waals surface area (Å²) in [7, 11) is 1.65. The number of nitrogens with one attached hydrogen (secondary N) is 1. The van der Waals surface area contributed by atoms with Crippen molar-refractivity contribution < 1.29 is 5.11 Å². The maximum absolute atomic E-state index is 11.2. The van der Waals surface area contributed by atoms with E-state index in [4.69, 9.17) is 0 Å². The van der Waals surface area contributed by atoms with Crippen molar-refractivity contribution in [3.63, 3.8) is 0 Å². The molecule has 1 aromatic heterocycles. The predicted molar refractivity (Wildman–Crippen MR) is 65.1 cm³/mol. The van der Waals surface area contributed by atoms with E-state index in [0.29, 0.717) is 5.16 Å². The summed E-state index contributed by atoms with van der Waals surface area (Å²) in [4.78, 5) is 12.1. The summed E-state index contributed by atoms with van der Waals surface area (Å²) < 4.78 is 1.44. The Kier molecular flexibility index (Phi) is 3.35. The van der Waals surface area contributed by atoms with Crippen molar-refractivity contribution in [2.24, 2.45) is 7.05 Å². The molecule has 0 spiro atoms. The molecule has 0 saturated carbocycles. The van der Waals surface area contributed by atoms with Crippen molar-refractivity contribution in [1.82, 2.24) is 14.8 Å². The molecule has 0 aliphatic heterocycles. The highest BCUT2D eigenvalue weighted by Gasteiger charge is 2.09. The third-order valence-electron chi connectivity index (χ3n) is 2.43. The molecule has 0 aliphatic carbocycles. The van der Waals surface area contributed by atoms with Gasteiger partial charge >= 0.3 is 5.69 Å². The van der Waals surface area contributed by atoms with E-state index in [0.717, 1.165) is 16.0 Å². The fraction of sp³-hybridized carbons (Fsp3) is 0.273. The molecule has 2 aromatic rings. The second kappa shape index (κ2) is 4.77. The van der Waals surface area contributed by atoms with E-state index in [1.807, 2.05) is 25.1 Å². The quantitative estimate of drug-likeness (QED) is 0.855. The van der Waals surface area contributed by atoms with E-state index in [1.54, 1.807) is 7.05 Å². The van der Waals surface area contributed by atoms with Gasteiger partial charge in [-0.05, 0) is 30.3 Å². The largest absolute Gasteiger partial charge is 0.392 e. The highest BCUT2D eigenvalue weighted by Crippen LogP contribution is 2.28. The topological polar surface area (TPSA) is 70.9 Å². The van der Waals surface area contributed by atoms with Gasteiger partial charge in [0.2, 0.25) is 0 Å². The van der Waals surface area contributed by atoms with Gasteiger partial charge in [-0.2, -0.15) is 0 Å². The van der Waals surface area contributed by atoms with Gasteiger partial charge < -0.3 is 5.11 Å². The summed E-state index contributed by atoms with van der Waals surface area (Å²) in [6.45, 7) is 1.94. The summed E-state index contributed by atoms with van der Waals surface area (Å²) in [6, 6.07) is 5.81. The molecule has 0 bridgehead atoms. The molecule has 2 N–H and O–H groups in total. The second-order valence-electron chi connectivity index (χ2n) is 3.74. The lowest BCUT2D eigenvalue weighted by atomic mass is 10.1. The number of hydrogen-bond acceptors (Lipinski definition) is 4. The average Bonchev–Trinajstić information content (AvgIpc) is 2.63. The SMILES string of the molecule is Cc1ccc(Sc2n[nH]c(=O)n2C)c(CO)c1. The first kappa shape index (κ1) is 11.9. The van der Waals surface area contributed by atoms with Crippen LogP contribution in [0.15, 0.2) is 33.0 Å². The monoisotopic (exact) mass is 251 g/mol. The van der Waals surface area contributed by atoms with Crippen LogP contribution in [0.1, 0.15) is 11.1 Å². The van der Waals surface area contributed by atoms with Gasteiger partial charge in [-0.3, -0.25) is 4.57 Å². The molecular weight excluding hydrogens is 238 g/mol. The van der Waals surface area contributed by atoms with E-state index in [-0.39, 0.29) is 12.3 Å². The minimum absolute atomic E-state index is 0.0254. The molecule has 0 aliphatic rings. The second-order valence-corrected chi connectivity index (χ2v) is 4.75. The number of aliphatic hydroxyl groups is 1. The number of aromatic nitrogens is 3. The molecule has 1 aromatic carbocycles. The first-order valence-electron chi connectivity index (χ1n) is 5.11. The van der Waals surface area contributed by atoms with Gasteiger partial charge in [-0.15, -0.1) is 5.10 Å². The van der Waals surface area contributed by atoms with Gasteiger partial charge in [0.15, 0.2) is 5.16 Å². The van der Waals surface area contributed by atoms with E-state index >= 15 is 0 Å². The van der Waals surface area contributed by atoms with Gasteiger partial charge in [0.1, 0.15) is 0 Å². The van der Waals surface area contributed by atoms with Gasteiger partial charge in [0, 0.05) is 11.9 Å². The van der Waals surface area contributed by atoms with E-state index in [9.17, 15) is 9.90 Å². The van der Waals surface area contributed by atoms with Gasteiger partial charge in [-0.25, -0.2) is 9.89 Å². The standard InChI is InChI=1S/C11H13N3O2S/c1-7-3-4-9(8(5-7)6-15)17-11-13-12-10(16)14(11)2/h3-5,15H,6H2,1-2H3,(H,12,16). The lowest BCUT2D eigenvalue weighted by Crippen LogP contribution is -2.12. The maximum atomic E-state index is 11.2. The van der Waals surface area contributed by atoms with Crippen LogP contribution in [0, 0.1) is 6.92 Å². The van der Waals surface area contributed by atoms with Crippen molar-refractivity contribution in [2.45, 2.75) is 23.6 Å². The number of H-pyrrole nitrogens is 1. The fourth-order valence-electron chi connectivity index (χ4n) is 1.45. The molecule has 2 rings (SSSR count). The minimum Gasteiger partial charge on any atom is -0.392 e. The Morgan fingerprint density at radius 1 is 1.53 bits per heavy atom. The molecule has 1 heterocycles. The van der Waals surface area contributed by atoms with Crippen LogP contribution >= 0.6 is 11.8 Å². The first-order chi connectivity index (χ1) is 8.11. The van der Waals surface area contributed by atoms with Crippen molar-refractivity contribution in [3.8, 4) is 0 Å². The number of nitrogens with zero attached hydrogens (tertiary/aromatic N) is 2. The molecule has 6 heteroatoms. The Morgan fingerprint density at radius 2 is 2.29 bits per heavy atom. The molecule has 0 radical (unpaired) electrons. The number of aliphatic hydroxyl groups excluding tert-OH is 1. The third-order valence-corrected chi connectivity index (χ3v) is 3.59. The van der Waals surface area contributed by atoms with Crippen molar-refractivity contribution in [3.05, 3.63) is 39.8 Å². The smallest absolute Gasteiger partial charge is 0.343 e. The van der Waals surface area contributed by atoms with Crippen LogP contribution in [-0.4, -0.2) is 19.9 Å². The van der Waals surface area contributed by atoms with Gasteiger partial charge in [-0.1, -0.05) is 17.7 Å². The van der Waals surface area contributed by atoms with Crippen LogP contribution < -0.4 is 5.69 Å². The highest BCUT2D eigenvalue weighted by molar-refractivity contribution is 7.99. The van der Waals surface area contributed by atoms with Crippen molar-refractivity contribution in [2.75, 3.05) is 0 Å². The first-order valence-corrected chi connectivity index (χ1v) is 5.93. The molecule has 0 atom stereocenters. The van der Waals surface area contributed by atoms with E-state index in [2.05, 4.69) is 10.2 Å². The summed E-state index contributed by atoms with van der Waals surface area (Å²) >= 11 is 1.36. The molecule has 0 fully saturated rings. The minimum atomic E-state index is -0.245. The lowest BCUT2D eigenvalue weighted by molar-refractivity contribution is 0.279. The number of aromatic amines is 1. The number of aryl methyl sites for hydroxylation is 1. The van der Waals surface area contributed by atoms with Crippen LogP contribution in [0.4, 0.5) is 0 Å². The zero-order valence-electron chi connectivity index (χ0n) is 9.60. The van der Waals surface area contributed by atoms with Crippen LogP contribution in [0.25, 0.3) is 0 Å². The molecule has 0 saturated heterocycles. The molecule has 17 heavy (non-hydrogen) atoms. The highest BCUT2D eigenvalue weighted by atomic mass is 32.2. The van der Waals surface area contributed by atoms with Crippen molar-refractivity contribution in [1.29, 1.82) is 0 Å². The molecule has 0 amide bonds. The van der Waals surface area contributed by atoms with Gasteiger partial charge in [0.05, 0.1) is 6.61 Å². The van der Waals surface area contributed by atoms with Crippen LogP contribution in [0.5, 0.6) is 0 Å². The zero-order chi connectivity index (χ0) is 12.4. The van der Waals surface area contributed by atoms with Crippen LogP contribution in [0.3, 0.4) is 0 Å². The maximum Gasteiger partial charge on any atom is 0.343 e. The van der Waals surface area contributed by atoms with Crippen LogP contribution in [-0.2, 0) is 13.7 Å². The van der Waals surface area contributed by atoms with Crippen molar-refractivity contribution >= 4 is 11.8 Å². The Balaban J connectivity index is 2.36. The Labute approximate surface area is 102 Å². The summed E-state index contributed by atoms with van der Waals surface area (Å²) in [6.07, 6.45) is 0. The average molecular weight is 251 g/mol. The summed E-state index contributed by atoms with van der Waals surface area (Å²) in [5, 5.41) is 16.2. The van der Waals surface area contributed by atoms with Gasteiger partial charge in [0.25, 0.3) is 0 Å². The molecule has 90 valence electrons. The van der Waals surface area contributed by atoms with E-state index < -0.39 is 0 Å². The Hall–Kier alpha value is -1.53. The summed E-state index contributed by atoms with van der Waals surface area (Å²) in [5.74, 6) is 0. The normalized spacial score (nSPS) is 10.8.